The van der Waals surface area contributed by atoms with E-state index in [1.807, 2.05) is 18.2 Å². The van der Waals surface area contributed by atoms with Gasteiger partial charge >= 0.3 is 0 Å². The molecule has 5 heteroatoms. The maximum absolute atomic E-state index is 5.34. The molecule has 0 N–H and O–H groups in total. The number of aryl methyl sites for hydroxylation is 2. The minimum Gasteiger partial charge on any atom is -0.497 e. The lowest BCUT2D eigenvalue weighted by Crippen LogP contribution is -2.11. The van der Waals surface area contributed by atoms with Crippen molar-refractivity contribution in [3.63, 3.8) is 0 Å². The topological polar surface area (TPSA) is 35.0 Å². The first-order valence-corrected chi connectivity index (χ1v) is 9.64. The van der Waals surface area contributed by atoms with Crippen molar-refractivity contribution in [1.29, 1.82) is 0 Å². The van der Waals surface area contributed by atoms with E-state index in [0.717, 1.165) is 34.1 Å². The van der Waals surface area contributed by atoms with Crippen LogP contribution in [0.4, 0.5) is 0 Å². The summed E-state index contributed by atoms with van der Waals surface area (Å²) in [4.78, 5) is 9.61. The summed E-state index contributed by atoms with van der Waals surface area (Å²) in [5, 5.41) is 3.21. The first kappa shape index (κ1) is 19.1. The second-order valence-corrected chi connectivity index (χ2v) is 7.58. The zero-order valence-corrected chi connectivity index (χ0v) is 17.8. The van der Waals surface area contributed by atoms with Gasteiger partial charge in [-0.15, -0.1) is 28.3 Å². The minimum atomic E-state index is 0. The summed E-state index contributed by atoms with van der Waals surface area (Å²) in [6.07, 6.45) is 5.71. The highest BCUT2D eigenvalue weighted by molar-refractivity contribution is 8.93. The van der Waals surface area contributed by atoms with Crippen LogP contribution in [0.5, 0.6) is 5.75 Å². The molecule has 0 bridgehead atoms. The molecule has 3 aromatic rings. The van der Waals surface area contributed by atoms with Crippen LogP contribution in [0.25, 0.3) is 21.8 Å². The molecule has 1 unspecified atom stereocenters. The Hall–Kier alpha value is -1.72. The average molecular weight is 431 g/mol. The second-order valence-electron chi connectivity index (χ2n) is 6.72. The van der Waals surface area contributed by atoms with Crippen molar-refractivity contribution in [1.82, 2.24) is 9.97 Å². The fourth-order valence-corrected chi connectivity index (χ4v) is 4.68. The van der Waals surface area contributed by atoms with Crippen LogP contribution in [0.15, 0.2) is 35.8 Å². The van der Waals surface area contributed by atoms with E-state index < -0.39 is 0 Å². The highest BCUT2D eigenvalue weighted by Crippen LogP contribution is 2.41. The summed E-state index contributed by atoms with van der Waals surface area (Å²) >= 11 is 1.71. The monoisotopic (exact) mass is 430 g/mol. The van der Waals surface area contributed by atoms with Crippen molar-refractivity contribution in [3.8, 4) is 27.6 Å². The lowest BCUT2D eigenvalue weighted by atomic mass is 9.82. The summed E-state index contributed by atoms with van der Waals surface area (Å²) in [5.41, 5.74) is 7.29. The number of hydrogen-bond acceptors (Lipinski definition) is 4. The molecule has 136 valence electrons. The van der Waals surface area contributed by atoms with Gasteiger partial charge in [0.25, 0.3) is 0 Å². The van der Waals surface area contributed by atoms with Crippen molar-refractivity contribution in [2.24, 2.45) is 0 Å². The molecule has 0 amide bonds. The molecule has 4 rings (SSSR count). The molecule has 0 spiro atoms. The quantitative estimate of drug-likeness (QED) is 0.495. The predicted octanol–water partition coefficient (Wildman–Crippen LogP) is 6.21. The SMILES string of the molecule is Br.COc1cccc(-c2csc(-c3c(C)ncc4c3C(C)CCC4)n2)c1. The molecule has 0 fully saturated rings. The standard InChI is InChI=1S/C21H22N2OS.BrH/c1-13-6-4-8-16-11-22-14(2)20(19(13)16)21-23-18(12-25-21)15-7-5-9-17(10-15)24-3;/h5,7,9-13H,4,6,8H2,1-3H3;1H. The minimum absolute atomic E-state index is 0. The number of thiazole rings is 1. The molecule has 1 atom stereocenters. The maximum atomic E-state index is 5.34. The lowest BCUT2D eigenvalue weighted by molar-refractivity contribution is 0.415. The van der Waals surface area contributed by atoms with Crippen molar-refractivity contribution in [3.05, 3.63) is 52.7 Å². The number of methoxy groups -OCH3 is 1. The summed E-state index contributed by atoms with van der Waals surface area (Å²) in [7, 11) is 1.69. The van der Waals surface area contributed by atoms with Crippen LogP contribution in [-0.2, 0) is 6.42 Å². The molecule has 2 heterocycles. The summed E-state index contributed by atoms with van der Waals surface area (Å²) in [6.45, 7) is 4.43. The number of pyridine rings is 1. The average Bonchev–Trinajstić information content (AvgIpc) is 3.12. The van der Waals surface area contributed by atoms with Crippen LogP contribution in [-0.4, -0.2) is 17.1 Å². The van der Waals surface area contributed by atoms with Gasteiger partial charge in [-0.3, -0.25) is 4.98 Å². The fourth-order valence-electron chi connectivity index (χ4n) is 3.74. The Morgan fingerprint density at radius 2 is 2.12 bits per heavy atom. The van der Waals surface area contributed by atoms with Gasteiger partial charge in [-0.25, -0.2) is 4.98 Å². The van der Waals surface area contributed by atoms with Crippen LogP contribution in [0, 0.1) is 6.92 Å². The third-order valence-electron chi connectivity index (χ3n) is 5.05. The molecule has 1 aromatic carbocycles. The third-order valence-corrected chi connectivity index (χ3v) is 5.91. The molecular weight excluding hydrogens is 408 g/mol. The molecule has 0 radical (unpaired) electrons. The third kappa shape index (κ3) is 3.42. The number of benzene rings is 1. The summed E-state index contributed by atoms with van der Waals surface area (Å²) in [5.74, 6) is 1.43. The van der Waals surface area contributed by atoms with Crippen LogP contribution < -0.4 is 4.74 Å². The van der Waals surface area contributed by atoms with E-state index in [1.165, 1.54) is 29.5 Å². The van der Waals surface area contributed by atoms with Gasteiger partial charge in [0.2, 0.25) is 0 Å². The van der Waals surface area contributed by atoms with Gasteiger partial charge in [0.05, 0.1) is 12.8 Å². The van der Waals surface area contributed by atoms with Crippen LogP contribution >= 0.6 is 28.3 Å². The van der Waals surface area contributed by atoms with Gasteiger partial charge in [0.1, 0.15) is 10.8 Å². The zero-order chi connectivity index (χ0) is 17.4. The zero-order valence-electron chi connectivity index (χ0n) is 15.3. The van der Waals surface area contributed by atoms with Gasteiger partial charge in [-0.1, -0.05) is 19.1 Å². The predicted molar refractivity (Wildman–Crippen MR) is 114 cm³/mol. The Morgan fingerprint density at radius 1 is 1.27 bits per heavy atom. The largest absolute Gasteiger partial charge is 0.497 e. The number of hydrogen-bond donors (Lipinski definition) is 0. The summed E-state index contributed by atoms with van der Waals surface area (Å²) in [6, 6.07) is 8.08. The molecule has 1 aliphatic rings. The molecule has 26 heavy (non-hydrogen) atoms. The van der Waals surface area contributed by atoms with Gasteiger partial charge in [-0.2, -0.15) is 0 Å². The maximum Gasteiger partial charge on any atom is 0.126 e. The van der Waals surface area contributed by atoms with E-state index in [2.05, 4.69) is 36.5 Å². The Bertz CT molecular complexity index is 922. The Morgan fingerprint density at radius 3 is 2.92 bits per heavy atom. The van der Waals surface area contributed by atoms with Crippen molar-refractivity contribution in [2.75, 3.05) is 7.11 Å². The lowest BCUT2D eigenvalue weighted by Gasteiger charge is -2.25. The molecular formula is C21H23BrN2OS. The number of halogens is 1. The normalized spacial score (nSPS) is 15.9. The van der Waals surface area contributed by atoms with Crippen molar-refractivity contribution >= 4 is 28.3 Å². The van der Waals surface area contributed by atoms with E-state index in [9.17, 15) is 0 Å². The number of nitrogens with zero attached hydrogens (tertiary/aromatic N) is 2. The summed E-state index contributed by atoms with van der Waals surface area (Å²) < 4.78 is 5.34. The highest BCUT2D eigenvalue weighted by atomic mass is 79.9. The first-order valence-electron chi connectivity index (χ1n) is 8.76. The van der Waals surface area contributed by atoms with Crippen LogP contribution in [0.3, 0.4) is 0 Å². The van der Waals surface area contributed by atoms with Gasteiger partial charge in [0, 0.05) is 28.4 Å². The molecule has 3 nitrogen and oxygen atoms in total. The molecule has 2 aromatic heterocycles. The van der Waals surface area contributed by atoms with E-state index in [4.69, 9.17) is 9.72 Å². The van der Waals surface area contributed by atoms with Gasteiger partial charge in [0.15, 0.2) is 0 Å². The Kier molecular flexibility index (Phi) is 5.78. The molecule has 0 saturated heterocycles. The number of ether oxygens (including phenoxy) is 1. The van der Waals surface area contributed by atoms with E-state index in [1.54, 1.807) is 18.4 Å². The van der Waals surface area contributed by atoms with Gasteiger partial charge in [-0.05, 0) is 55.4 Å². The van der Waals surface area contributed by atoms with Crippen LogP contribution in [0.2, 0.25) is 0 Å². The number of aromatic nitrogens is 2. The van der Waals surface area contributed by atoms with Gasteiger partial charge < -0.3 is 4.74 Å². The van der Waals surface area contributed by atoms with E-state index >= 15 is 0 Å². The fraction of sp³-hybridized carbons (Fsp3) is 0.333. The highest BCUT2D eigenvalue weighted by Gasteiger charge is 2.24. The second kappa shape index (κ2) is 7.89. The van der Waals surface area contributed by atoms with E-state index in [-0.39, 0.29) is 17.0 Å². The van der Waals surface area contributed by atoms with Crippen molar-refractivity contribution in [2.45, 2.75) is 39.0 Å². The number of fused-ring (bicyclic) bond motifs is 1. The van der Waals surface area contributed by atoms with Crippen molar-refractivity contribution < 1.29 is 4.74 Å². The molecule has 0 aliphatic heterocycles. The Labute approximate surface area is 169 Å². The molecule has 0 saturated carbocycles. The Balaban J connectivity index is 0.00000196. The van der Waals surface area contributed by atoms with E-state index in [0.29, 0.717) is 5.92 Å². The molecule has 1 aliphatic carbocycles. The number of rotatable bonds is 3. The van der Waals surface area contributed by atoms with Crippen LogP contribution in [0.1, 0.15) is 42.5 Å². The first-order chi connectivity index (χ1) is 12.2. The smallest absolute Gasteiger partial charge is 0.126 e.